The lowest BCUT2D eigenvalue weighted by Gasteiger charge is -2.53. The van der Waals surface area contributed by atoms with Gasteiger partial charge >= 0.3 is 0 Å². The van der Waals surface area contributed by atoms with Gasteiger partial charge in [-0.05, 0) is 57.0 Å². The number of methoxy groups -OCH3 is 1. The minimum absolute atomic E-state index is 0.0205. The molecule has 8 nitrogen and oxygen atoms in total. The average molecular weight is 456 g/mol. The number of hydrogen-bond acceptors (Lipinski definition) is 7. The monoisotopic (exact) mass is 455 g/mol. The molecule has 1 amide bonds. The number of fused-ring (bicyclic) bond motifs is 3. The highest BCUT2D eigenvalue weighted by Gasteiger charge is 2.59. The summed E-state index contributed by atoms with van der Waals surface area (Å²) < 4.78 is 5.93. The van der Waals surface area contributed by atoms with Crippen molar-refractivity contribution in [1.82, 2.24) is 4.90 Å². The molecule has 178 valence electrons. The van der Waals surface area contributed by atoms with E-state index < -0.39 is 17.6 Å². The Kier molecular flexibility index (Phi) is 5.57. The number of aryl methyl sites for hydroxylation is 1. The van der Waals surface area contributed by atoms with Gasteiger partial charge in [0, 0.05) is 50.4 Å². The maximum Gasteiger partial charge on any atom is 0.248 e. The number of carbonyl (C=O) groups excluding carboxylic acids is 2. The fourth-order valence-electron chi connectivity index (χ4n) is 6.23. The quantitative estimate of drug-likeness (QED) is 0.638. The number of hydrogen-bond donors (Lipinski definition) is 3. The summed E-state index contributed by atoms with van der Waals surface area (Å²) in [6.07, 6.45) is 1.02. The van der Waals surface area contributed by atoms with Gasteiger partial charge in [-0.1, -0.05) is 6.07 Å². The number of ketones is 1. The van der Waals surface area contributed by atoms with Gasteiger partial charge in [0.05, 0.1) is 11.6 Å². The number of nitrogens with two attached hydrogens (primary N) is 1. The van der Waals surface area contributed by atoms with Crippen molar-refractivity contribution in [3.05, 3.63) is 51.5 Å². The Hall–Kier alpha value is -2.84. The van der Waals surface area contributed by atoms with Gasteiger partial charge in [0.1, 0.15) is 17.1 Å². The Morgan fingerprint density at radius 2 is 1.88 bits per heavy atom. The van der Waals surface area contributed by atoms with Gasteiger partial charge in [-0.3, -0.25) is 14.5 Å². The Morgan fingerprint density at radius 3 is 2.42 bits per heavy atom. The summed E-state index contributed by atoms with van der Waals surface area (Å²) in [5, 5.41) is 22.6. The van der Waals surface area contributed by atoms with E-state index in [1.165, 1.54) is 7.11 Å². The summed E-state index contributed by atoms with van der Waals surface area (Å²) in [4.78, 5) is 29.8. The number of primary amides is 1. The standard InChI is InChI=1S/C25H33N3O5/c1-12-7-8-17(27(2)3)14-9-13-10-16-20(28(4)5)21(29)15(24(26)32)11-25(16,33-6)23(31)19(13)22(30)18(12)14/h7-8,13,16,20,29,31H,9-11H2,1-6H3,(H2,26,32)/t13-,16-,20-,25-/m0/s1. The fraction of sp³-hybridized carbons (Fsp3) is 0.520. The first-order valence-electron chi connectivity index (χ1n) is 11.2. The van der Waals surface area contributed by atoms with E-state index in [2.05, 4.69) is 0 Å². The van der Waals surface area contributed by atoms with Crippen LogP contribution in [0.15, 0.2) is 34.8 Å². The van der Waals surface area contributed by atoms with Crippen LogP contribution in [-0.4, -0.2) is 73.7 Å². The molecule has 0 aromatic heterocycles. The molecule has 33 heavy (non-hydrogen) atoms. The molecule has 0 bridgehead atoms. The first kappa shape index (κ1) is 23.3. The van der Waals surface area contributed by atoms with Gasteiger partial charge in [0.2, 0.25) is 5.91 Å². The predicted octanol–water partition coefficient (Wildman–Crippen LogP) is 2.26. The van der Waals surface area contributed by atoms with Crippen LogP contribution in [-0.2, 0) is 16.0 Å². The van der Waals surface area contributed by atoms with E-state index in [9.17, 15) is 19.8 Å². The predicted molar refractivity (Wildman–Crippen MR) is 125 cm³/mol. The van der Waals surface area contributed by atoms with Gasteiger partial charge in [-0.25, -0.2) is 0 Å². The Bertz CT molecular complexity index is 1100. The lowest BCUT2D eigenvalue weighted by Crippen LogP contribution is -2.60. The molecule has 0 saturated carbocycles. The molecule has 0 aliphatic heterocycles. The number of aliphatic hydroxyl groups is 2. The molecule has 1 aromatic rings. The fourth-order valence-corrected chi connectivity index (χ4v) is 6.23. The van der Waals surface area contributed by atoms with E-state index in [0.29, 0.717) is 24.0 Å². The van der Waals surface area contributed by atoms with Crippen molar-refractivity contribution in [3.8, 4) is 0 Å². The zero-order chi connectivity index (χ0) is 24.4. The molecule has 3 aliphatic carbocycles. The average Bonchev–Trinajstić information content (AvgIpc) is 2.72. The van der Waals surface area contributed by atoms with Crippen LogP contribution in [0.2, 0.25) is 0 Å². The molecular weight excluding hydrogens is 422 g/mol. The van der Waals surface area contributed by atoms with Crippen molar-refractivity contribution < 1.29 is 24.5 Å². The second-order valence-electron chi connectivity index (χ2n) is 9.89. The van der Waals surface area contributed by atoms with E-state index in [4.69, 9.17) is 10.5 Å². The number of anilines is 1. The van der Waals surface area contributed by atoms with Gasteiger partial charge in [-0.2, -0.15) is 0 Å². The highest BCUT2D eigenvalue weighted by Crippen LogP contribution is 2.54. The molecular formula is C25H33N3O5. The highest BCUT2D eigenvalue weighted by atomic mass is 16.5. The van der Waals surface area contributed by atoms with E-state index in [-0.39, 0.29) is 41.1 Å². The number of benzene rings is 1. The van der Waals surface area contributed by atoms with Crippen LogP contribution in [0.4, 0.5) is 5.69 Å². The SMILES string of the molecule is CO[C@@]12CC(C(N)=O)=C(O)[C@@H](N(C)C)[C@@H]1C[C@@H]1Cc3c(N(C)C)ccc(C)c3C(=O)C1=C2O. The lowest BCUT2D eigenvalue weighted by molar-refractivity contribution is -0.121. The summed E-state index contributed by atoms with van der Waals surface area (Å²) in [6, 6.07) is 3.36. The maximum absolute atomic E-state index is 13.8. The number of likely N-dealkylation sites (N-methyl/N-ethyl adjacent to an activating group) is 1. The first-order chi connectivity index (χ1) is 15.5. The van der Waals surface area contributed by atoms with Crippen LogP contribution >= 0.6 is 0 Å². The second-order valence-corrected chi connectivity index (χ2v) is 9.89. The van der Waals surface area contributed by atoms with Crippen molar-refractivity contribution in [2.45, 2.75) is 37.8 Å². The third-order valence-corrected chi connectivity index (χ3v) is 7.73. The summed E-state index contributed by atoms with van der Waals surface area (Å²) in [5.74, 6) is -1.81. The zero-order valence-electron chi connectivity index (χ0n) is 20.1. The molecule has 0 saturated heterocycles. The molecule has 1 aromatic carbocycles. The van der Waals surface area contributed by atoms with Crippen LogP contribution in [0.3, 0.4) is 0 Å². The van der Waals surface area contributed by atoms with Crippen LogP contribution in [0.1, 0.15) is 34.3 Å². The van der Waals surface area contributed by atoms with Crippen LogP contribution in [0.5, 0.6) is 0 Å². The normalized spacial score (nSPS) is 29.1. The number of nitrogens with zero attached hydrogens (tertiary/aromatic N) is 2. The molecule has 4 atom stereocenters. The number of carbonyl (C=O) groups is 2. The number of allylic oxidation sites excluding steroid dienone is 1. The molecule has 4 rings (SSSR count). The largest absolute Gasteiger partial charge is 0.510 e. The second kappa shape index (κ2) is 7.88. The number of rotatable bonds is 4. The minimum atomic E-state index is -1.32. The van der Waals surface area contributed by atoms with E-state index in [1.54, 1.807) is 14.1 Å². The highest BCUT2D eigenvalue weighted by molar-refractivity contribution is 6.13. The van der Waals surface area contributed by atoms with Crippen molar-refractivity contribution >= 4 is 17.4 Å². The molecule has 8 heteroatoms. The first-order valence-corrected chi connectivity index (χ1v) is 11.2. The Morgan fingerprint density at radius 1 is 1.21 bits per heavy atom. The van der Waals surface area contributed by atoms with E-state index in [0.717, 1.165) is 16.8 Å². The van der Waals surface area contributed by atoms with E-state index >= 15 is 0 Å². The summed E-state index contributed by atoms with van der Waals surface area (Å²) in [5.41, 5.74) is 8.08. The molecule has 0 spiro atoms. The Balaban J connectivity index is 1.96. The van der Waals surface area contributed by atoms with Crippen LogP contribution < -0.4 is 10.6 Å². The summed E-state index contributed by atoms with van der Waals surface area (Å²) in [7, 11) is 8.97. The van der Waals surface area contributed by atoms with Crippen molar-refractivity contribution in [3.63, 3.8) is 0 Å². The zero-order valence-corrected chi connectivity index (χ0v) is 20.1. The molecule has 4 N–H and O–H groups in total. The summed E-state index contributed by atoms with van der Waals surface area (Å²) in [6.45, 7) is 1.90. The minimum Gasteiger partial charge on any atom is -0.510 e. The third kappa shape index (κ3) is 3.19. The van der Waals surface area contributed by atoms with Crippen LogP contribution in [0, 0.1) is 18.8 Å². The lowest BCUT2D eigenvalue weighted by atomic mass is 9.58. The third-order valence-electron chi connectivity index (χ3n) is 7.73. The van der Waals surface area contributed by atoms with Crippen LogP contribution in [0.25, 0.3) is 0 Å². The molecule has 0 heterocycles. The van der Waals surface area contributed by atoms with Crippen molar-refractivity contribution in [2.24, 2.45) is 17.6 Å². The number of amides is 1. The number of aliphatic hydroxyl groups excluding tert-OH is 2. The smallest absolute Gasteiger partial charge is 0.248 e. The Labute approximate surface area is 194 Å². The maximum atomic E-state index is 13.8. The molecule has 0 fully saturated rings. The summed E-state index contributed by atoms with van der Waals surface area (Å²) >= 11 is 0. The van der Waals surface area contributed by atoms with Gasteiger partial charge in [0.15, 0.2) is 5.78 Å². The van der Waals surface area contributed by atoms with Gasteiger partial charge in [-0.15, -0.1) is 0 Å². The van der Waals surface area contributed by atoms with E-state index in [1.807, 2.05) is 43.0 Å². The molecule has 0 unspecified atom stereocenters. The van der Waals surface area contributed by atoms with Crippen molar-refractivity contribution in [1.29, 1.82) is 0 Å². The van der Waals surface area contributed by atoms with Gasteiger partial charge in [0.25, 0.3) is 0 Å². The molecule has 0 radical (unpaired) electrons. The van der Waals surface area contributed by atoms with Crippen molar-refractivity contribution in [2.75, 3.05) is 40.2 Å². The topological polar surface area (TPSA) is 116 Å². The number of Topliss-reactive ketones (excluding diaryl/α,β-unsaturated/α-hetero) is 1. The molecule has 3 aliphatic rings. The number of ether oxygens (including phenoxy) is 1. The van der Waals surface area contributed by atoms with Gasteiger partial charge < -0.3 is 25.6 Å².